The summed E-state index contributed by atoms with van der Waals surface area (Å²) < 4.78 is 10.7. The average molecular weight is 297 g/mol. The molecule has 3 aromatic rings. The Labute approximate surface area is 127 Å². The average Bonchev–Trinajstić information content (AvgIpc) is 2.96. The van der Waals surface area contributed by atoms with Gasteiger partial charge in [0, 0.05) is 5.39 Å². The summed E-state index contributed by atoms with van der Waals surface area (Å²) in [6, 6.07) is 14.0. The Bertz CT molecular complexity index is 789. The van der Waals surface area contributed by atoms with Crippen LogP contribution in [0.2, 0.25) is 0 Å². The maximum atomic E-state index is 12.2. The van der Waals surface area contributed by atoms with Crippen LogP contribution < -0.4 is 10.1 Å². The summed E-state index contributed by atoms with van der Waals surface area (Å²) in [7, 11) is 1.50. The monoisotopic (exact) mass is 297 g/mol. The highest BCUT2D eigenvalue weighted by atomic mass is 16.5. The highest BCUT2D eigenvalue weighted by Crippen LogP contribution is 2.23. The summed E-state index contributed by atoms with van der Waals surface area (Å²) in [4.78, 5) is 12.2. The molecule has 0 spiro atoms. The molecule has 0 bridgehead atoms. The number of para-hydroxylation sites is 1. The Morgan fingerprint density at radius 3 is 2.82 bits per heavy atom. The van der Waals surface area contributed by atoms with Gasteiger partial charge in [-0.1, -0.05) is 18.2 Å². The summed E-state index contributed by atoms with van der Waals surface area (Å²) in [5.41, 5.74) is 0.937. The molecule has 0 saturated heterocycles. The molecule has 22 heavy (non-hydrogen) atoms. The molecule has 0 radical (unpaired) electrons. The number of methoxy groups -OCH3 is 1. The lowest BCUT2D eigenvalue weighted by atomic mass is 10.1. The van der Waals surface area contributed by atoms with Crippen LogP contribution in [-0.4, -0.2) is 18.1 Å². The molecule has 0 atom stereocenters. The van der Waals surface area contributed by atoms with E-state index in [4.69, 9.17) is 9.15 Å². The quantitative estimate of drug-likeness (QED) is 0.776. The van der Waals surface area contributed by atoms with Gasteiger partial charge in [-0.25, -0.2) is 0 Å². The van der Waals surface area contributed by atoms with Crippen molar-refractivity contribution in [2.75, 3.05) is 7.11 Å². The van der Waals surface area contributed by atoms with Crippen LogP contribution in [0.3, 0.4) is 0 Å². The van der Waals surface area contributed by atoms with Crippen molar-refractivity contribution in [1.82, 2.24) is 5.32 Å². The molecular formula is C17H15NO4. The number of hydrogen-bond donors (Lipinski definition) is 2. The number of rotatable bonds is 4. The number of hydrogen-bond acceptors (Lipinski definition) is 4. The topological polar surface area (TPSA) is 71.7 Å². The first-order valence-corrected chi connectivity index (χ1v) is 6.80. The summed E-state index contributed by atoms with van der Waals surface area (Å²) in [6.45, 7) is 0.240. The van der Waals surface area contributed by atoms with Crippen molar-refractivity contribution < 1.29 is 19.1 Å². The zero-order valence-electron chi connectivity index (χ0n) is 12.0. The lowest BCUT2D eigenvalue weighted by molar-refractivity contribution is 0.0945. The first-order valence-electron chi connectivity index (χ1n) is 6.80. The molecule has 0 fully saturated rings. The van der Waals surface area contributed by atoms with Crippen LogP contribution in [0.25, 0.3) is 11.0 Å². The van der Waals surface area contributed by atoms with Crippen LogP contribution in [0, 0.1) is 0 Å². The predicted molar refractivity (Wildman–Crippen MR) is 82.0 cm³/mol. The number of aromatic hydroxyl groups is 1. The van der Waals surface area contributed by atoms with E-state index in [1.54, 1.807) is 6.07 Å². The number of amides is 1. The smallest absolute Gasteiger partial charge is 0.255 e. The Kier molecular flexibility index (Phi) is 3.70. The van der Waals surface area contributed by atoms with Gasteiger partial charge in [0.2, 0.25) is 0 Å². The molecule has 0 aliphatic rings. The maximum absolute atomic E-state index is 12.2. The Morgan fingerprint density at radius 1 is 1.23 bits per heavy atom. The van der Waals surface area contributed by atoms with Crippen LogP contribution in [0.1, 0.15) is 16.1 Å². The van der Waals surface area contributed by atoms with E-state index in [1.165, 1.54) is 19.2 Å². The molecule has 112 valence electrons. The second-order valence-corrected chi connectivity index (χ2v) is 4.82. The number of nitrogens with one attached hydrogen (secondary N) is 1. The van der Waals surface area contributed by atoms with Gasteiger partial charge in [-0.3, -0.25) is 4.79 Å². The molecule has 2 aromatic carbocycles. The third-order valence-electron chi connectivity index (χ3n) is 3.35. The Hall–Kier alpha value is -2.95. The molecule has 0 unspecified atom stereocenters. The minimum absolute atomic E-state index is 0.0945. The fourth-order valence-electron chi connectivity index (χ4n) is 2.21. The molecule has 2 N–H and O–H groups in total. The van der Waals surface area contributed by atoms with Gasteiger partial charge < -0.3 is 19.6 Å². The molecule has 1 aromatic heterocycles. The molecule has 3 rings (SSSR count). The molecule has 0 aliphatic carbocycles. The van der Waals surface area contributed by atoms with E-state index < -0.39 is 5.91 Å². The zero-order valence-corrected chi connectivity index (χ0v) is 12.0. The van der Waals surface area contributed by atoms with Crippen molar-refractivity contribution in [3.8, 4) is 11.5 Å². The molecule has 0 saturated carbocycles. The normalized spacial score (nSPS) is 10.6. The zero-order chi connectivity index (χ0) is 15.5. The van der Waals surface area contributed by atoms with Crippen molar-refractivity contribution in [1.29, 1.82) is 0 Å². The highest BCUT2D eigenvalue weighted by Gasteiger charge is 2.13. The molecule has 1 heterocycles. The third-order valence-corrected chi connectivity index (χ3v) is 3.35. The van der Waals surface area contributed by atoms with Crippen molar-refractivity contribution in [2.24, 2.45) is 0 Å². The highest BCUT2D eigenvalue weighted by molar-refractivity contribution is 5.97. The second kappa shape index (κ2) is 5.81. The molecular weight excluding hydrogens is 282 g/mol. The van der Waals surface area contributed by atoms with Gasteiger partial charge in [0.1, 0.15) is 22.8 Å². The number of phenolic OH excluding ortho intramolecular Hbond substituents is 1. The maximum Gasteiger partial charge on any atom is 0.255 e. The van der Waals surface area contributed by atoms with Crippen LogP contribution in [0.15, 0.2) is 52.9 Å². The number of ether oxygens (including phenoxy) is 1. The number of fused-ring (bicyclic) bond motifs is 1. The fraction of sp³-hybridized carbons (Fsp3) is 0.118. The summed E-state index contributed by atoms with van der Waals surface area (Å²) in [6.07, 6.45) is 0. The van der Waals surface area contributed by atoms with Gasteiger partial charge in [0.25, 0.3) is 5.91 Å². The van der Waals surface area contributed by atoms with Crippen LogP contribution >= 0.6 is 0 Å². The molecule has 0 aliphatic heterocycles. The minimum Gasteiger partial charge on any atom is -0.507 e. The summed E-state index contributed by atoms with van der Waals surface area (Å²) in [5, 5.41) is 13.5. The van der Waals surface area contributed by atoms with E-state index in [0.717, 1.165) is 11.0 Å². The Balaban J connectivity index is 1.74. The van der Waals surface area contributed by atoms with Gasteiger partial charge in [-0.15, -0.1) is 0 Å². The van der Waals surface area contributed by atoms with E-state index in [2.05, 4.69) is 5.32 Å². The minimum atomic E-state index is -0.392. The summed E-state index contributed by atoms with van der Waals surface area (Å²) in [5.74, 6) is 0.670. The lowest BCUT2D eigenvalue weighted by Crippen LogP contribution is -2.22. The summed E-state index contributed by atoms with van der Waals surface area (Å²) >= 11 is 0. The van der Waals surface area contributed by atoms with Crippen LogP contribution in [0.5, 0.6) is 11.5 Å². The lowest BCUT2D eigenvalue weighted by Gasteiger charge is -2.07. The number of phenols is 1. The standard InChI is InChI=1S/C17H15NO4/c1-21-12-6-7-15(19)14(9-12)17(20)18-10-13-8-11-4-2-3-5-16(11)22-13/h2-9,19H,10H2,1H3,(H,18,20). The Morgan fingerprint density at radius 2 is 2.05 bits per heavy atom. The molecule has 5 nitrogen and oxygen atoms in total. The van der Waals surface area contributed by atoms with Gasteiger partial charge >= 0.3 is 0 Å². The number of furan rings is 1. The number of carbonyl (C=O) groups is 1. The second-order valence-electron chi connectivity index (χ2n) is 4.82. The van der Waals surface area contributed by atoms with E-state index in [9.17, 15) is 9.90 Å². The molecule has 1 amide bonds. The van der Waals surface area contributed by atoms with Crippen molar-refractivity contribution >= 4 is 16.9 Å². The van der Waals surface area contributed by atoms with Crippen LogP contribution in [-0.2, 0) is 6.54 Å². The van der Waals surface area contributed by atoms with Gasteiger partial charge in [-0.05, 0) is 30.3 Å². The van der Waals surface area contributed by atoms with Gasteiger partial charge in [-0.2, -0.15) is 0 Å². The van der Waals surface area contributed by atoms with Crippen LogP contribution in [0.4, 0.5) is 0 Å². The first-order chi connectivity index (χ1) is 10.7. The van der Waals surface area contributed by atoms with Gasteiger partial charge in [0.05, 0.1) is 19.2 Å². The van der Waals surface area contributed by atoms with E-state index in [0.29, 0.717) is 11.5 Å². The first kappa shape index (κ1) is 14.0. The fourth-order valence-corrected chi connectivity index (χ4v) is 2.21. The van der Waals surface area contributed by atoms with Crippen molar-refractivity contribution in [3.05, 3.63) is 59.9 Å². The van der Waals surface area contributed by atoms with E-state index in [1.807, 2.05) is 30.3 Å². The predicted octanol–water partition coefficient (Wildman–Crippen LogP) is 3.08. The largest absolute Gasteiger partial charge is 0.507 e. The molecule has 5 heteroatoms. The van der Waals surface area contributed by atoms with Gasteiger partial charge in [0.15, 0.2) is 0 Å². The number of benzene rings is 2. The van der Waals surface area contributed by atoms with E-state index >= 15 is 0 Å². The number of carbonyl (C=O) groups excluding carboxylic acids is 1. The van der Waals surface area contributed by atoms with E-state index in [-0.39, 0.29) is 17.9 Å². The van der Waals surface area contributed by atoms with Crippen molar-refractivity contribution in [3.63, 3.8) is 0 Å². The third kappa shape index (κ3) is 2.74. The SMILES string of the molecule is COc1ccc(O)c(C(=O)NCc2cc3ccccc3o2)c1. The van der Waals surface area contributed by atoms with Crippen molar-refractivity contribution in [2.45, 2.75) is 6.54 Å².